The first-order chi connectivity index (χ1) is 7.71. The van der Waals surface area contributed by atoms with Crippen LogP contribution in [0.4, 0.5) is 0 Å². The molecule has 1 rings (SSSR count). The molecule has 0 unspecified atom stereocenters. The van der Waals surface area contributed by atoms with Gasteiger partial charge in [-0.25, -0.2) is 18.4 Å². The highest BCUT2D eigenvalue weighted by Crippen LogP contribution is 2.14. The molecule has 0 aliphatic rings. The molecule has 17 heavy (non-hydrogen) atoms. The van der Waals surface area contributed by atoms with Gasteiger partial charge in [-0.2, -0.15) is 0 Å². The Bertz CT molecular complexity index is 528. The van der Waals surface area contributed by atoms with Gasteiger partial charge in [-0.15, -0.1) is 0 Å². The van der Waals surface area contributed by atoms with Gasteiger partial charge in [0.25, 0.3) is 0 Å². The number of sulfone groups is 1. The number of rotatable bonds is 4. The first-order valence-corrected chi connectivity index (χ1v) is 6.87. The monoisotopic (exact) mass is 258 g/mol. The lowest BCUT2D eigenvalue weighted by molar-refractivity contribution is -0.136. The molecule has 7 heteroatoms. The standard InChI is InChI=1S/C10H14N2O4S/c1-6-8(4-5-9(13)14)7(2)12-10(11-6)17(3,15)16/h4-5H2,1-3H3,(H,13,14). The first kappa shape index (κ1) is 13.6. The second-order valence-corrected chi connectivity index (χ2v) is 5.73. The molecule has 0 radical (unpaired) electrons. The average Bonchev–Trinajstić information content (AvgIpc) is 2.14. The van der Waals surface area contributed by atoms with Crippen LogP contribution in [0.1, 0.15) is 23.4 Å². The van der Waals surface area contributed by atoms with Crippen LogP contribution >= 0.6 is 0 Å². The zero-order valence-corrected chi connectivity index (χ0v) is 10.7. The highest BCUT2D eigenvalue weighted by molar-refractivity contribution is 7.90. The van der Waals surface area contributed by atoms with Crippen molar-refractivity contribution >= 4 is 15.8 Å². The summed E-state index contributed by atoms with van der Waals surface area (Å²) in [5.74, 6) is -0.906. The van der Waals surface area contributed by atoms with Crippen LogP contribution in [0.25, 0.3) is 0 Å². The summed E-state index contributed by atoms with van der Waals surface area (Å²) in [6, 6.07) is 0. The van der Waals surface area contributed by atoms with Crippen LogP contribution in [-0.4, -0.2) is 35.7 Å². The predicted octanol–water partition coefficient (Wildman–Crippen LogP) is 0.514. The lowest BCUT2D eigenvalue weighted by atomic mass is 10.1. The summed E-state index contributed by atoms with van der Waals surface area (Å²) in [6.45, 7) is 3.31. The zero-order chi connectivity index (χ0) is 13.2. The highest BCUT2D eigenvalue weighted by Gasteiger charge is 2.16. The molecule has 6 nitrogen and oxygen atoms in total. The van der Waals surface area contributed by atoms with Crippen LogP contribution < -0.4 is 0 Å². The molecule has 0 aliphatic heterocycles. The van der Waals surface area contributed by atoms with E-state index in [-0.39, 0.29) is 11.6 Å². The average molecular weight is 258 g/mol. The van der Waals surface area contributed by atoms with E-state index in [1.807, 2.05) is 0 Å². The van der Waals surface area contributed by atoms with E-state index in [2.05, 4.69) is 9.97 Å². The Morgan fingerprint density at radius 3 is 2.06 bits per heavy atom. The van der Waals surface area contributed by atoms with Gasteiger partial charge in [0.2, 0.25) is 15.0 Å². The van der Waals surface area contributed by atoms with E-state index in [1.54, 1.807) is 13.8 Å². The molecule has 0 bridgehead atoms. The fraction of sp³-hybridized carbons (Fsp3) is 0.500. The second-order valence-electron chi connectivity index (χ2n) is 3.82. The fourth-order valence-electron chi connectivity index (χ4n) is 1.47. The van der Waals surface area contributed by atoms with Crippen molar-refractivity contribution in [3.05, 3.63) is 17.0 Å². The molecular formula is C10H14N2O4S. The molecule has 0 aromatic carbocycles. The zero-order valence-electron chi connectivity index (χ0n) is 9.89. The molecule has 0 spiro atoms. The minimum absolute atomic E-state index is 0.0245. The Morgan fingerprint density at radius 2 is 1.71 bits per heavy atom. The number of aliphatic carboxylic acids is 1. The number of aryl methyl sites for hydroxylation is 2. The number of carbonyl (C=O) groups is 1. The maximum Gasteiger partial charge on any atom is 0.303 e. The summed E-state index contributed by atoms with van der Waals surface area (Å²) >= 11 is 0. The largest absolute Gasteiger partial charge is 0.481 e. The third-order valence-electron chi connectivity index (χ3n) is 2.32. The van der Waals surface area contributed by atoms with Gasteiger partial charge >= 0.3 is 5.97 Å². The van der Waals surface area contributed by atoms with E-state index in [1.165, 1.54) is 0 Å². The Kier molecular flexibility index (Phi) is 3.82. The van der Waals surface area contributed by atoms with Crippen molar-refractivity contribution in [2.45, 2.75) is 31.8 Å². The molecular weight excluding hydrogens is 244 g/mol. The van der Waals surface area contributed by atoms with Crippen molar-refractivity contribution in [1.29, 1.82) is 0 Å². The van der Waals surface area contributed by atoms with Crippen molar-refractivity contribution in [1.82, 2.24) is 9.97 Å². The number of hydrogen-bond acceptors (Lipinski definition) is 5. The number of carboxylic acids is 1. The molecule has 0 aliphatic carbocycles. The summed E-state index contributed by atoms with van der Waals surface area (Å²) in [5, 5.41) is 8.39. The minimum Gasteiger partial charge on any atom is -0.481 e. The van der Waals surface area contributed by atoms with Crippen LogP contribution in [0, 0.1) is 13.8 Å². The summed E-state index contributed by atoms with van der Waals surface area (Å²) in [6.07, 6.45) is 1.32. The van der Waals surface area contributed by atoms with Crippen LogP contribution in [0.2, 0.25) is 0 Å². The van der Waals surface area contributed by atoms with Crippen LogP contribution in [0.15, 0.2) is 5.16 Å². The number of aromatic nitrogens is 2. The Hall–Kier alpha value is -1.50. The topological polar surface area (TPSA) is 97.2 Å². The van der Waals surface area contributed by atoms with Crippen molar-refractivity contribution in [3.8, 4) is 0 Å². The normalized spacial score (nSPS) is 11.5. The van der Waals surface area contributed by atoms with Crippen molar-refractivity contribution in [2.24, 2.45) is 0 Å². The Balaban J connectivity index is 3.15. The molecule has 1 heterocycles. The van der Waals surface area contributed by atoms with E-state index in [4.69, 9.17) is 5.11 Å². The Morgan fingerprint density at radius 1 is 1.24 bits per heavy atom. The SMILES string of the molecule is Cc1nc(S(C)(=O)=O)nc(C)c1CCC(=O)O. The summed E-state index contributed by atoms with van der Waals surface area (Å²) in [4.78, 5) is 18.3. The van der Waals surface area contributed by atoms with Gasteiger partial charge in [-0.1, -0.05) is 0 Å². The lowest BCUT2D eigenvalue weighted by Crippen LogP contribution is -2.11. The molecule has 94 valence electrons. The van der Waals surface area contributed by atoms with Crippen molar-refractivity contribution < 1.29 is 18.3 Å². The van der Waals surface area contributed by atoms with Gasteiger partial charge < -0.3 is 5.11 Å². The predicted molar refractivity (Wildman–Crippen MR) is 60.6 cm³/mol. The number of nitrogens with zero attached hydrogens (tertiary/aromatic N) is 2. The number of carboxylic acid groups (broad SMARTS) is 1. The van der Waals surface area contributed by atoms with Crippen molar-refractivity contribution in [3.63, 3.8) is 0 Å². The fourth-order valence-corrected chi connectivity index (χ4v) is 2.07. The molecule has 0 fully saturated rings. The molecule has 1 aromatic heterocycles. The maximum atomic E-state index is 11.3. The van der Waals surface area contributed by atoms with Gasteiger partial charge in [-0.3, -0.25) is 4.79 Å². The van der Waals surface area contributed by atoms with Crippen LogP contribution in [-0.2, 0) is 21.1 Å². The van der Waals surface area contributed by atoms with E-state index >= 15 is 0 Å². The third-order valence-corrected chi connectivity index (χ3v) is 3.17. The highest BCUT2D eigenvalue weighted by atomic mass is 32.2. The van der Waals surface area contributed by atoms with Gasteiger partial charge in [-0.05, 0) is 25.8 Å². The second kappa shape index (κ2) is 4.79. The van der Waals surface area contributed by atoms with Gasteiger partial charge in [0.15, 0.2) is 0 Å². The van der Waals surface area contributed by atoms with E-state index in [9.17, 15) is 13.2 Å². The molecule has 1 aromatic rings. The third kappa shape index (κ3) is 3.48. The molecule has 1 N–H and O–H groups in total. The van der Waals surface area contributed by atoms with Gasteiger partial charge in [0, 0.05) is 24.1 Å². The quantitative estimate of drug-likeness (QED) is 0.790. The van der Waals surface area contributed by atoms with E-state index in [0.717, 1.165) is 6.26 Å². The van der Waals surface area contributed by atoms with Crippen LogP contribution in [0.5, 0.6) is 0 Å². The van der Waals surface area contributed by atoms with Gasteiger partial charge in [0.05, 0.1) is 0 Å². The lowest BCUT2D eigenvalue weighted by Gasteiger charge is -2.08. The smallest absolute Gasteiger partial charge is 0.303 e. The summed E-state index contributed by atoms with van der Waals surface area (Å²) in [5.41, 5.74) is 1.72. The van der Waals surface area contributed by atoms with E-state index in [0.29, 0.717) is 23.4 Å². The van der Waals surface area contributed by atoms with Crippen molar-refractivity contribution in [2.75, 3.05) is 6.26 Å². The molecule has 0 saturated carbocycles. The molecule has 0 amide bonds. The Labute approximate surface area is 99.6 Å². The molecule has 0 atom stereocenters. The number of hydrogen-bond donors (Lipinski definition) is 1. The minimum atomic E-state index is -3.43. The summed E-state index contributed by atoms with van der Waals surface area (Å²) < 4.78 is 22.6. The summed E-state index contributed by atoms with van der Waals surface area (Å²) in [7, 11) is -3.43. The van der Waals surface area contributed by atoms with Crippen LogP contribution in [0.3, 0.4) is 0 Å². The van der Waals surface area contributed by atoms with E-state index < -0.39 is 15.8 Å². The molecule has 0 saturated heterocycles. The maximum absolute atomic E-state index is 11.3. The van der Waals surface area contributed by atoms with Gasteiger partial charge in [0.1, 0.15) is 0 Å². The first-order valence-electron chi connectivity index (χ1n) is 4.97.